The van der Waals surface area contributed by atoms with Crippen molar-refractivity contribution in [2.45, 2.75) is 64.1 Å². The molecule has 2 fully saturated rings. The molecule has 2 aliphatic rings. The van der Waals surface area contributed by atoms with Crippen LogP contribution in [0.2, 0.25) is 0 Å². The largest absolute Gasteiger partial charge is 0.314 e. The van der Waals surface area contributed by atoms with Crippen LogP contribution >= 0.6 is 11.3 Å². The lowest BCUT2D eigenvalue weighted by molar-refractivity contribution is 0.119. The quantitative estimate of drug-likeness (QED) is 0.898. The molecule has 1 aromatic rings. The van der Waals surface area contributed by atoms with Crippen LogP contribution in [0.3, 0.4) is 0 Å². The van der Waals surface area contributed by atoms with Crippen molar-refractivity contribution in [3.63, 3.8) is 0 Å². The Morgan fingerprint density at radius 3 is 2.68 bits per heavy atom. The third kappa shape index (κ3) is 3.01. The summed E-state index contributed by atoms with van der Waals surface area (Å²) in [5, 5.41) is 7.12. The Labute approximate surface area is 120 Å². The Morgan fingerprint density at radius 1 is 1.37 bits per heavy atom. The number of hydrogen-bond acceptors (Lipinski definition) is 4. The van der Waals surface area contributed by atoms with Crippen molar-refractivity contribution in [1.82, 2.24) is 15.2 Å². The fourth-order valence-corrected chi connectivity index (χ4v) is 4.60. The molecule has 1 N–H and O–H groups in total. The standard InChI is InChI=1S/C15H25N3S/c1-3-16-12-8-13-4-5-14(9-12)18(13)7-6-15-17-11(2)10-19-15/h10,12-14,16H,3-9H2,1-2H3. The summed E-state index contributed by atoms with van der Waals surface area (Å²) in [6.07, 6.45) is 6.65. The molecule has 2 aliphatic heterocycles. The van der Waals surface area contributed by atoms with E-state index >= 15 is 0 Å². The highest BCUT2D eigenvalue weighted by Crippen LogP contribution is 2.35. The van der Waals surface area contributed by atoms with Gasteiger partial charge in [-0.2, -0.15) is 0 Å². The van der Waals surface area contributed by atoms with Crippen molar-refractivity contribution in [3.8, 4) is 0 Å². The van der Waals surface area contributed by atoms with Crippen LogP contribution in [0.1, 0.15) is 43.3 Å². The first-order valence-electron chi connectivity index (χ1n) is 7.66. The van der Waals surface area contributed by atoms with Crippen LogP contribution in [0.4, 0.5) is 0 Å². The van der Waals surface area contributed by atoms with E-state index in [2.05, 4.69) is 34.4 Å². The van der Waals surface area contributed by atoms with Crippen molar-refractivity contribution in [3.05, 3.63) is 16.1 Å². The number of nitrogens with one attached hydrogen (secondary N) is 1. The van der Waals surface area contributed by atoms with Gasteiger partial charge >= 0.3 is 0 Å². The van der Waals surface area contributed by atoms with Crippen molar-refractivity contribution in [2.24, 2.45) is 0 Å². The topological polar surface area (TPSA) is 28.2 Å². The molecule has 3 rings (SSSR count). The van der Waals surface area contributed by atoms with Crippen molar-refractivity contribution in [1.29, 1.82) is 0 Å². The van der Waals surface area contributed by atoms with E-state index in [1.807, 2.05) is 11.3 Å². The Hall–Kier alpha value is -0.450. The SMILES string of the molecule is CCNC1CC2CCC(C1)N2CCc1nc(C)cs1. The molecule has 2 atom stereocenters. The van der Waals surface area contributed by atoms with E-state index < -0.39 is 0 Å². The molecule has 2 bridgehead atoms. The second-order valence-corrected chi connectivity index (χ2v) is 6.92. The summed E-state index contributed by atoms with van der Waals surface area (Å²) in [7, 11) is 0. The Bertz CT molecular complexity index is 403. The van der Waals surface area contributed by atoms with Gasteiger partial charge in [0.05, 0.1) is 5.01 Å². The van der Waals surface area contributed by atoms with Gasteiger partial charge in [0.25, 0.3) is 0 Å². The van der Waals surface area contributed by atoms with Gasteiger partial charge in [-0.25, -0.2) is 4.98 Å². The summed E-state index contributed by atoms with van der Waals surface area (Å²) >= 11 is 1.82. The molecule has 3 heterocycles. The molecule has 1 aromatic heterocycles. The van der Waals surface area contributed by atoms with E-state index in [0.717, 1.165) is 31.1 Å². The molecular formula is C15H25N3S. The molecule has 4 heteroatoms. The first-order chi connectivity index (χ1) is 9.26. The fourth-order valence-electron chi connectivity index (χ4n) is 3.84. The Kier molecular flexibility index (Phi) is 4.20. The van der Waals surface area contributed by atoms with Crippen LogP contribution in [0.15, 0.2) is 5.38 Å². The predicted octanol–water partition coefficient (Wildman–Crippen LogP) is 2.60. The number of rotatable bonds is 5. The molecule has 106 valence electrons. The highest BCUT2D eigenvalue weighted by Gasteiger charge is 2.39. The zero-order valence-electron chi connectivity index (χ0n) is 12.1. The fraction of sp³-hybridized carbons (Fsp3) is 0.800. The lowest BCUT2D eigenvalue weighted by Gasteiger charge is -2.39. The van der Waals surface area contributed by atoms with Gasteiger partial charge in [-0.3, -0.25) is 4.90 Å². The van der Waals surface area contributed by atoms with Gasteiger partial charge in [0.2, 0.25) is 0 Å². The van der Waals surface area contributed by atoms with Crippen molar-refractivity contribution < 1.29 is 0 Å². The van der Waals surface area contributed by atoms with Crippen molar-refractivity contribution >= 4 is 11.3 Å². The number of hydrogen-bond donors (Lipinski definition) is 1. The van der Waals surface area contributed by atoms with Gasteiger partial charge in [0, 0.05) is 42.2 Å². The number of aryl methyl sites for hydroxylation is 1. The smallest absolute Gasteiger partial charge is 0.0940 e. The summed E-state index contributed by atoms with van der Waals surface area (Å²) in [4.78, 5) is 7.36. The summed E-state index contributed by atoms with van der Waals surface area (Å²) in [6.45, 7) is 6.63. The van der Waals surface area contributed by atoms with Crippen LogP contribution in [-0.4, -0.2) is 41.1 Å². The van der Waals surface area contributed by atoms with Gasteiger partial charge < -0.3 is 5.32 Å². The van der Waals surface area contributed by atoms with Gasteiger partial charge in [-0.1, -0.05) is 6.92 Å². The Morgan fingerprint density at radius 2 is 2.11 bits per heavy atom. The number of nitrogens with zero attached hydrogens (tertiary/aromatic N) is 2. The Balaban J connectivity index is 1.55. The lowest BCUT2D eigenvalue weighted by Crippen LogP contribution is -2.49. The van der Waals surface area contributed by atoms with Gasteiger partial charge in [-0.05, 0) is 39.2 Å². The zero-order chi connectivity index (χ0) is 13.2. The van der Waals surface area contributed by atoms with Crippen LogP contribution in [0.5, 0.6) is 0 Å². The summed E-state index contributed by atoms with van der Waals surface area (Å²) < 4.78 is 0. The lowest BCUT2D eigenvalue weighted by atomic mass is 9.97. The molecule has 3 nitrogen and oxygen atoms in total. The van der Waals surface area contributed by atoms with Crippen molar-refractivity contribution in [2.75, 3.05) is 13.1 Å². The molecule has 19 heavy (non-hydrogen) atoms. The number of piperidine rings is 1. The third-order valence-electron chi connectivity index (χ3n) is 4.63. The average Bonchev–Trinajstić information content (AvgIpc) is 2.89. The van der Waals surface area contributed by atoms with Crippen LogP contribution < -0.4 is 5.32 Å². The third-order valence-corrected chi connectivity index (χ3v) is 5.65. The van der Waals surface area contributed by atoms with E-state index in [4.69, 9.17) is 0 Å². The number of aromatic nitrogens is 1. The monoisotopic (exact) mass is 279 g/mol. The normalized spacial score (nSPS) is 30.9. The van der Waals surface area contributed by atoms with Gasteiger partial charge in [-0.15, -0.1) is 11.3 Å². The maximum absolute atomic E-state index is 4.59. The predicted molar refractivity (Wildman–Crippen MR) is 80.8 cm³/mol. The minimum atomic E-state index is 0.765. The number of thiazole rings is 1. The highest BCUT2D eigenvalue weighted by atomic mass is 32.1. The van der Waals surface area contributed by atoms with E-state index in [1.54, 1.807) is 0 Å². The molecule has 0 spiro atoms. The van der Waals surface area contributed by atoms with Crippen LogP contribution in [0, 0.1) is 6.92 Å². The number of fused-ring (bicyclic) bond motifs is 2. The van der Waals surface area contributed by atoms with Crippen LogP contribution in [0.25, 0.3) is 0 Å². The maximum atomic E-state index is 4.59. The molecule has 0 aromatic carbocycles. The highest BCUT2D eigenvalue weighted by molar-refractivity contribution is 7.09. The first kappa shape index (κ1) is 13.5. The van der Waals surface area contributed by atoms with E-state index in [1.165, 1.54) is 42.9 Å². The average molecular weight is 279 g/mol. The zero-order valence-corrected chi connectivity index (χ0v) is 12.9. The minimum Gasteiger partial charge on any atom is -0.314 e. The summed E-state index contributed by atoms with van der Waals surface area (Å²) in [5.41, 5.74) is 1.17. The van der Waals surface area contributed by atoms with E-state index in [-0.39, 0.29) is 0 Å². The summed E-state index contributed by atoms with van der Waals surface area (Å²) in [5.74, 6) is 0. The van der Waals surface area contributed by atoms with E-state index in [9.17, 15) is 0 Å². The second-order valence-electron chi connectivity index (χ2n) is 5.98. The molecule has 0 saturated carbocycles. The molecule has 0 aliphatic carbocycles. The summed E-state index contributed by atoms with van der Waals surface area (Å²) in [6, 6.07) is 2.41. The second kappa shape index (κ2) is 5.90. The molecular weight excluding hydrogens is 254 g/mol. The molecule has 0 radical (unpaired) electrons. The minimum absolute atomic E-state index is 0.765. The molecule has 2 saturated heterocycles. The van der Waals surface area contributed by atoms with Gasteiger partial charge in [0.1, 0.15) is 0 Å². The van der Waals surface area contributed by atoms with E-state index in [0.29, 0.717) is 0 Å². The van der Waals surface area contributed by atoms with Gasteiger partial charge in [0.15, 0.2) is 0 Å². The van der Waals surface area contributed by atoms with Crippen LogP contribution in [-0.2, 0) is 6.42 Å². The maximum Gasteiger partial charge on any atom is 0.0940 e. The molecule has 2 unspecified atom stereocenters. The first-order valence-corrected chi connectivity index (χ1v) is 8.54. The molecule has 0 amide bonds.